The van der Waals surface area contributed by atoms with Gasteiger partial charge >= 0.3 is 0 Å². The molecule has 0 aliphatic carbocycles. The molecule has 1 aliphatic heterocycles. The molecular formula is C25H28N4O3. The second-order valence-electron chi connectivity index (χ2n) is 7.58. The van der Waals surface area contributed by atoms with Crippen molar-refractivity contribution in [1.29, 1.82) is 0 Å². The number of hydrogen-bond donors (Lipinski definition) is 0. The Balaban J connectivity index is 1.38. The Hall–Kier alpha value is -3.61. The predicted octanol–water partition coefficient (Wildman–Crippen LogP) is 3.44. The fourth-order valence-corrected chi connectivity index (χ4v) is 3.88. The SMILES string of the molecule is CCOc1ccc(-c2cc(N3CCN(C(=O)Cc4ccccc4OC)CC3)ncn2)cc1. The summed E-state index contributed by atoms with van der Waals surface area (Å²) < 4.78 is 10.9. The molecule has 0 atom stereocenters. The van der Waals surface area contributed by atoms with Crippen LogP contribution in [0.2, 0.25) is 0 Å². The third-order valence-electron chi connectivity index (χ3n) is 5.60. The van der Waals surface area contributed by atoms with E-state index in [1.807, 2.05) is 66.4 Å². The number of carbonyl (C=O) groups is 1. The molecule has 1 amide bonds. The smallest absolute Gasteiger partial charge is 0.227 e. The number of anilines is 1. The van der Waals surface area contributed by atoms with E-state index in [-0.39, 0.29) is 5.91 Å². The van der Waals surface area contributed by atoms with Crippen LogP contribution in [-0.4, -0.2) is 60.7 Å². The van der Waals surface area contributed by atoms with E-state index < -0.39 is 0 Å². The normalized spacial score (nSPS) is 13.7. The van der Waals surface area contributed by atoms with Gasteiger partial charge in [0.15, 0.2) is 0 Å². The number of methoxy groups -OCH3 is 1. The van der Waals surface area contributed by atoms with Crippen molar-refractivity contribution in [3.8, 4) is 22.8 Å². The highest BCUT2D eigenvalue weighted by atomic mass is 16.5. The molecule has 1 saturated heterocycles. The lowest BCUT2D eigenvalue weighted by atomic mass is 10.1. The molecule has 7 heteroatoms. The molecule has 3 aromatic rings. The van der Waals surface area contributed by atoms with Crippen molar-refractivity contribution in [3.05, 3.63) is 66.5 Å². The molecule has 32 heavy (non-hydrogen) atoms. The first kappa shape index (κ1) is 21.6. The van der Waals surface area contributed by atoms with Crippen molar-refractivity contribution >= 4 is 11.7 Å². The van der Waals surface area contributed by atoms with Crippen molar-refractivity contribution in [3.63, 3.8) is 0 Å². The summed E-state index contributed by atoms with van der Waals surface area (Å²) in [6.45, 7) is 5.41. The van der Waals surface area contributed by atoms with Gasteiger partial charge in [-0.15, -0.1) is 0 Å². The minimum atomic E-state index is 0.118. The van der Waals surface area contributed by atoms with Crippen molar-refractivity contribution in [2.24, 2.45) is 0 Å². The molecule has 1 aromatic heterocycles. The van der Waals surface area contributed by atoms with Gasteiger partial charge in [0.2, 0.25) is 5.91 Å². The summed E-state index contributed by atoms with van der Waals surface area (Å²) in [6, 6.07) is 17.6. The Labute approximate surface area is 188 Å². The summed E-state index contributed by atoms with van der Waals surface area (Å²) in [6.07, 6.45) is 1.94. The van der Waals surface area contributed by atoms with Gasteiger partial charge in [-0.2, -0.15) is 0 Å². The maximum Gasteiger partial charge on any atom is 0.227 e. The first-order valence-electron chi connectivity index (χ1n) is 10.9. The second kappa shape index (κ2) is 10.1. The molecule has 0 bridgehead atoms. The summed E-state index contributed by atoms with van der Waals surface area (Å²) >= 11 is 0. The zero-order valence-electron chi connectivity index (χ0n) is 18.5. The van der Waals surface area contributed by atoms with Gasteiger partial charge in [0.05, 0.1) is 25.8 Å². The van der Waals surface area contributed by atoms with Crippen LogP contribution in [0.1, 0.15) is 12.5 Å². The van der Waals surface area contributed by atoms with E-state index in [0.29, 0.717) is 26.1 Å². The number of amides is 1. The molecule has 2 aromatic carbocycles. The summed E-state index contributed by atoms with van der Waals surface area (Å²) in [4.78, 5) is 25.8. The van der Waals surface area contributed by atoms with E-state index in [2.05, 4.69) is 14.9 Å². The van der Waals surface area contributed by atoms with Crippen molar-refractivity contribution in [1.82, 2.24) is 14.9 Å². The predicted molar refractivity (Wildman–Crippen MR) is 124 cm³/mol. The quantitative estimate of drug-likeness (QED) is 0.570. The van der Waals surface area contributed by atoms with Gasteiger partial charge in [-0.3, -0.25) is 4.79 Å². The molecule has 4 rings (SSSR count). The van der Waals surface area contributed by atoms with E-state index in [1.54, 1.807) is 13.4 Å². The Kier molecular flexibility index (Phi) is 6.84. The van der Waals surface area contributed by atoms with E-state index in [0.717, 1.165) is 47.2 Å². The van der Waals surface area contributed by atoms with E-state index in [4.69, 9.17) is 9.47 Å². The number of hydrogen-bond acceptors (Lipinski definition) is 6. The highest BCUT2D eigenvalue weighted by molar-refractivity contribution is 5.80. The van der Waals surface area contributed by atoms with Crippen LogP contribution < -0.4 is 14.4 Å². The molecule has 0 spiro atoms. The zero-order valence-corrected chi connectivity index (χ0v) is 18.5. The van der Waals surface area contributed by atoms with Gasteiger partial charge in [0.1, 0.15) is 23.6 Å². The Morgan fingerprint density at radius 2 is 1.75 bits per heavy atom. The minimum Gasteiger partial charge on any atom is -0.496 e. The van der Waals surface area contributed by atoms with Gasteiger partial charge in [0.25, 0.3) is 0 Å². The number of para-hydroxylation sites is 1. The number of piperazine rings is 1. The summed E-state index contributed by atoms with van der Waals surface area (Å²) in [5.41, 5.74) is 2.80. The average molecular weight is 433 g/mol. The summed E-state index contributed by atoms with van der Waals surface area (Å²) in [5.74, 6) is 2.59. The lowest BCUT2D eigenvalue weighted by molar-refractivity contribution is -0.130. The molecule has 7 nitrogen and oxygen atoms in total. The second-order valence-corrected chi connectivity index (χ2v) is 7.58. The van der Waals surface area contributed by atoms with Crippen LogP contribution in [0.5, 0.6) is 11.5 Å². The topological polar surface area (TPSA) is 67.8 Å². The number of carbonyl (C=O) groups excluding carboxylic acids is 1. The monoisotopic (exact) mass is 432 g/mol. The number of rotatable bonds is 7. The maximum absolute atomic E-state index is 12.8. The van der Waals surface area contributed by atoms with E-state index >= 15 is 0 Å². The molecule has 2 heterocycles. The van der Waals surface area contributed by atoms with Gasteiger partial charge in [-0.1, -0.05) is 18.2 Å². The van der Waals surface area contributed by atoms with Gasteiger partial charge in [-0.05, 0) is 37.3 Å². The maximum atomic E-state index is 12.8. The molecule has 166 valence electrons. The van der Waals surface area contributed by atoms with Gasteiger partial charge in [0, 0.05) is 43.4 Å². The Morgan fingerprint density at radius 3 is 2.47 bits per heavy atom. The Bertz CT molecular complexity index is 1050. The number of ether oxygens (including phenoxy) is 2. The molecule has 1 fully saturated rings. The molecule has 0 saturated carbocycles. The standard InChI is InChI=1S/C25H28N4O3/c1-3-32-21-10-8-19(9-11-21)22-17-24(27-18-26-22)28-12-14-29(15-13-28)25(30)16-20-6-4-5-7-23(20)31-2/h4-11,17-18H,3,12-16H2,1-2H3. The number of nitrogens with zero attached hydrogens (tertiary/aromatic N) is 4. The third kappa shape index (κ3) is 4.99. The van der Waals surface area contributed by atoms with Crippen LogP contribution in [0.4, 0.5) is 5.82 Å². The van der Waals surface area contributed by atoms with E-state index in [9.17, 15) is 4.79 Å². The summed E-state index contributed by atoms with van der Waals surface area (Å²) in [7, 11) is 1.63. The first-order valence-corrected chi connectivity index (χ1v) is 10.9. The van der Waals surface area contributed by atoms with Crippen LogP contribution in [0.15, 0.2) is 60.9 Å². The fraction of sp³-hybridized carbons (Fsp3) is 0.320. The van der Waals surface area contributed by atoms with Gasteiger partial charge in [-0.25, -0.2) is 9.97 Å². The number of aromatic nitrogens is 2. The third-order valence-corrected chi connectivity index (χ3v) is 5.60. The van der Waals surface area contributed by atoms with Crippen molar-refractivity contribution in [2.45, 2.75) is 13.3 Å². The van der Waals surface area contributed by atoms with Crippen molar-refractivity contribution in [2.75, 3.05) is 44.8 Å². The van der Waals surface area contributed by atoms with Crippen LogP contribution in [0.3, 0.4) is 0 Å². The highest BCUT2D eigenvalue weighted by Crippen LogP contribution is 2.24. The average Bonchev–Trinajstić information content (AvgIpc) is 2.85. The molecular weight excluding hydrogens is 404 g/mol. The van der Waals surface area contributed by atoms with E-state index in [1.165, 1.54) is 0 Å². The summed E-state index contributed by atoms with van der Waals surface area (Å²) in [5, 5.41) is 0. The van der Waals surface area contributed by atoms with Gasteiger partial charge < -0.3 is 19.3 Å². The molecule has 0 radical (unpaired) electrons. The molecule has 1 aliphatic rings. The lowest BCUT2D eigenvalue weighted by Crippen LogP contribution is -2.49. The zero-order chi connectivity index (χ0) is 22.3. The molecule has 0 N–H and O–H groups in total. The van der Waals surface area contributed by atoms with Crippen LogP contribution in [0.25, 0.3) is 11.3 Å². The highest BCUT2D eigenvalue weighted by Gasteiger charge is 2.23. The first-order chi connectivity index (χ1) is 15.7. The minimum absolute atomic E-state index is 0.118. The number of benzene rings is 2. The van der Waals surface area contributed by atoms with Crippen LogP contribution in [0, 0.1) is 0 Å². The largest absolute Gasteiger partial charge is 0.496 e. The van der Waals surface area contributed by atoms with Crippen LogP contribution >= 0.6 is 0 Å². The molecule has 0 unspecified atom stereocenters. The fourth-order valence-electron chi connectivity index (χ4n) is 3.88. The van der Waals surface area contributed by atoms with Crippen molar-refractivity contribution < 1.29 is 14.3 Å². The van der Waals surface area contributed by atoms with Crippen LogP contribution in [-0.2, 0) is 11.2 Å². The Morgan fingerprint density at radius 1 is 1.00 bits per heavy atom. The lowest BCUT2D eigenvalue weighted by Gasteiger charge is -2.35.